The molecule has 8 heteroatoms. The molecule has 0 amide bonds. The number of nitrogens with zero attached hydrogens (tertiary/aromatic N) is 2. The summed E-state index contributed by atoms with van der Waals surface area (Å²) in [6.07, 6.45) is 1.09. The van der Waals surface area contributed by atoms with Gasteiger partial charge >= 0.3 is 5.97 Å². The molecular weight excluding hydrogens is 494 g/mol. The van der Waals surface area contributed by atoms with Gasteiger partial charge in [0, 0.05) is 31.7 Å². The Bertz CT molecular complexity index is 1360. The van der Waals surface area contributed by atoms with Gasteiger partial charge in [-0.05, 0) is 49.9 Å². The van der Waals surface area contributed by atoms with Gasteiger partial charge in [-0.15, -0.1) is 0 Å². The normalized spacial score (nSPS) is 11.6. The Morgan fingerprint density at radius 2 is 1.62 bits per heavy atom. The average molecular weight is 532 g/mol. The minimum absolute atomic E-state index is 0.0176. The number of ketones is 1. The second-order valence-corrected chi connectivity index (χ2v) is 9.50. The summed E-state index contributed by atoms with van der Waals surface area (Å²) in [5.74, 6) is -0.392. The summed E-state index contributed by atoms with van der Waals surface area (Å²) < 4.78 is 12.2. The number of hydrogen-bond acceptors (Lipinski definition) is 6. The van der Waals surface area contributed by atoms with Gasteiger partial charge in [0.15, 0.2) is 5.78 Å². The number of carbonyl (C=O) groups excluding carboxylic acids is 1. The molecular formula is C31H37N3O5. The number of hydrogen-bond donors (Lipinski definition) is 2. The molecule has 206 valence electrons. The Kier molecular flexibility index (Phi) is 10.6. The second kappa shape index (κ2) is 14.1. The number of fused-ring (bicyclic) bond motifs is 1. The van der Waals surface area contributed by atoms with E-state index in [1.165, 1.54) is 0 Å². The van der Waals surface area contributed by atoms with Crippen LogP contribution in [0.3, 0.4) is 0 Å². The third kappa shape index (κ3) is 7.67. The molecule has 0 aliphatic rings. The number of carboxylic acid groups (broad SMARTS) is 1. The molecule has 1 atom stereocenters. The van der Waals surface area contributed by atoms with Crippen molar-refractivity contribution in [2.45, 2.75) is 39.2 Å². The van der Waals surface area contributed by atoms with E-state index < -0.39 is 11.9 Å². The van der Waals surface area contributed by atoms with Gasteiger partial charge in [-0.3, -0.25) is 9.59 Å². The van der Waals surface area contributed by atoms with Crippen molar-refractivity contribution >= 4 is 28.7 Å². The Balaban J connectivity index is 0.000000239. The molecule has 0 fully saturated rings. The molecule has 0 bridgehead atoms. The number of Topliss-reactive ketones (excluding diaryl/α,β-unsaturated/α-hetero) is 1. The minimum Gasteiger partial charge on any atom is -0.494 e. The van der Waals surface area contributed by atoms with Crippen LogP contribution < -0.4 is 10.5 Å². The number of anilines is 1. The van der Waals surface area contributed by atoms with Crippen LogP contribution in [0, 0.1) is 5.92 Å². The number of aromatic nitrogens is 2. The molecule has 3 N–H and O–H groups in total. The van der Waals surface area contributed by atoms with E-state index in [-0.39, 0.29) is 18.2 Å². The van der Waals surface area contributed by atoms with Crippen molar-refractivity contribution in [3.8, 4) is 16.9 Å². The van der Waals surface area contributed by atoms with Gasteiger partial charge < -0.3 is 24.9 Å². The predicted molar refractivity (Wildman–Crippen MR) is 154 cm³/mol. The number of para-hydroxylation sites is 1. The van der Waals surface area contributed by atoms with Crippen molar-refractivity contribution in [2.24, 2.45) is 5.92 Å². The van der Waals surface area contributed by atoms with E-state index in [2.05, 4.69) is 18.8 Å². The fourth-order valence-corrected chi connectivity index (χ4v) is 4.43. The molecule has 0 saturated heterocycles. The lowest BCUT2D eigenvalue weighted by Gasteiger charge is -2.12. The zero-order chi connectivity index (χ0) is 28.4. The van der Waals surface area contributed by atoms with Crippen molar-refractivity contribution in [3.05, 3.63) is 78.4 Å². The third-order valence-electron chi connectivity index (χ3n) is 6.43. The summed E-state index contributed by atoms with van der Waals surface area (Å²) in [4.78, 5) is 28.0. The monoisotopic (exact) mass is 531 g/mol. The molecule has 0 radical (unpaired) electrons. The summed E-state index contributed by atoms with van der Waals surface area (Å²) in [5, 5.41) is 9.27. The number of nitrogen functional groups attached to an aromatic ring is 1. The van der Waals surface area contributed by atoms with Crippen molar-refractivity contribution in [1.82, 2.24) is 9.55 Å². The van der Waals surface area contributed by atoms with Crippen LogP contribution in [0.25, 0.3) is 22.2 Å². The number of nitrogens with two attached hydrogens (primary N) is 1. The molecule has 1 heterocycles. The van der Waals surface area contributed by atoms with E-state index in [1.807, 2.05) is 65.2 Å². The van der Waals surface area contributed by atoms with E-state index in [4.69, 9.17) is 15.2 Å². The van der Waals surface area contributed by atoms with Crippen molar-refractivity contribution in [2.75, 3.05) is 26.6 Å². The van der Waals surface area contributed by atoms with Crippen LogP contribution in [0.15, 0.2) is 72.8 Å². The predicted octanol–water partition coefficient (Wildman–Crippen LogP) is 6.26. The van der Waals surface area contributed by atoms with E-state index >= 15 is 0 Å². The van der Waals surface area contributed by atoms with Crippen LogP contribution >= 0.6 is 0 Å². The highest BCUT2D eigenvalue weighted by atomic mass is 16.5. The van der Waals surface area contributed by atoms with Gasteiger partial charge in [-0.25, -0.2) is 4.98 Å². The molecule has 0 aliphatic heterocycles. The van der Waals surface area contributed by atoms with Crippen LogP contribution in [0.2, 0.25) is 0 Å². The molecule has 0 spiro atoms. The fraction of sp³-hybridized carbons (Fsp3) is 0.323. The zero-order valence-corrected chi connectivity index (χ0v) is 23.0. The maximum atomic E-state index is 12.3. The molecule has 0 aliphatic carbocycles. The van der Waals surface area contributed by atoms with Gasteiger partial charge in [-0.2, -0.15) is 0 Å². The van der Waals surface area contributed by atoms with Gasteiger partial charge in [0.05, 0.1) is 18.5 Å². The first-order chi connectivity index (χ1) is 18.8. The van der Waals surface area contributed by atoms with Crippen LogP contribution in [-0.4, -0.2) is 47.2 Å². The molecule has 39 heavy (non-hydrogen) atoms. The molecule has 1 unspecified atom stereocenters. The number of aliphatic carboxylic acids is 1. The van der Waals surface area contributed by atoms with Crippen molar-refractivity contribution in [1.29, 1.82) is 0 Å². The summed E-state index contributed by atoms with van der Waals surface area (Å²) in [7, 11) is 3.23. The van der Waals surface area contributed by atoms with Crippen LogP contribution in [-0.2, 0) is 9.53 Å². The molecule has 3 aromatic carbocycles. The summed E-state index contributed by atoms with van der Waals surface area (Å²) >= 11 is 0. The van der Waals surface area contributed by atoms with Gasteiger partial charge in [-0.1, -0.05) is 60.7 Å². The Hall–Kier alpha value is -4.17. The van der Waals surface area contributed by atoms with Crippen molar-refractivity contribution in [3.63, 3.8) is 0 Å². The lowest BCUT2D eigenvalue weighted by Crippen LogP contribution is -2.18. The number of methoxy groups -OCH3 is 2. The van der Waals surface area contributed by atoms with Gasteiger partial charge in [0.2, 0.25) is 5.95 Å². The average Bonchev–Trinajstić information content (AvgIpc) is 3.29. The first-order valence-corrected chi connectivity index (χ1v) is 13.0. The first kappa shape index (κ1) is 29.4. The molecule has 1 aromatic heterocycles. The van der Waals surface area contributed by atoms with E-state index in [9.17, 15) is 14.7 Å². The fourth-order valence-electron chi connectivity index (χ4n) is 4.43. The maximum absolute atomic E-state index is 12.3. The highest BCUT2D eigenvalue weighted by molar-refractivity contribution is 5.98. The highest BCUT2D eigenvalue weighted by Gasteiger charge is 2.21. The maximum Gasteiger partial charge on any atom is 0.306 e. The highest BCUT2D eigenvalue weighted by Crippen LogP contribution is 2.30. The van der Waals surface area contributed by atoms with E-state index in [0.717, 1.165) is 27.9 Å². The van der Waals surface area contributed by atoms with Crippen molar-refractivity contribution < 1.29 is 24.2 Å². The quantitative estimate of drug-likeness (QED) is 0.173. The standard InChI is InChI=1S/C20H22O4.C11H15N3O/c1-24-13-5-8-18(20(22)23)14-19(21)17-11-9-16(10-12-17)15-6-3-2-4-7-15;1-7(2)14-10-8(13-11(14)12)5-4-6-9(10)15-3/h2-4,6-7,9-12,18H,5,8,13-14H2,1H3,(H,22,23);4-7H,1-3H3,(H2,12,13). The lowest BCUT2D eigenvalue weighted by molar-refractivity contribution is -0.142. The Labute approximate surface area is 229 Å². The minimum atomic E-state index is -0.930. The number of carbonyl (C=O) groups is 2. The third-order valence-corrected chi connectivity index (χ3v) is 6.43. The number of imidazole rings is 1. The molecule has 0 saturated carbocycles. The number of benzene rings is 3. The van der Waals surface area contributed by atoms with Gasteiger partial charge in [0.25, 0.3) is 0 Å². The number of rotatable bonds is 11. The van der Waals surface area contributed by atoms with Crippen LogP contribution in [0.4, 0.5) is 5.95 Å². The Morgan fingerprint density at radius 3 is 2.21 bits per heavy atom. The zero-order valence-electron chi connectivity index (χ0n) is 23.0. The Morgan fingerprint density at radius 1 is 0.949 bits per heavy atom. The molecule has 4 aromatic rings. The lowest BCUT2D eigenvalue weighted by atomic mass is 9.93. The SMILES string of the molecule is COCCCC(CC(=O)c1ccc(-c2ccccc2)cc1)C(=O)O.COc1cccc2nc(N)n(C(C)C)c12. The summed E-state index contributed by atoms with van der Waals surface area (Å²) in [6.45, 7) is 4.65. The molecule has 8 nitrogen and oxygen atoms in total. The smallest absolute Gasteiger partial charge is 0.306 e. The summed E-state index contributed by atoms with van der Waals surface area (Å²) in [6, 6.07) is 23.2. The number of ether oxygens (including phenoxy) is 2. The second-order valence-electron chi connectivity index (χ2n) is 9.50. The largest absolute Gasteiger partial charge is 0.494 e. The van der Waals surface area contributed by atoms with E-state index in [0.29, 0.717) is 31.0 Å². The van der Waals surface area contributed by atoms with Crippen LogP contribution in [0.1, 0.15) is 49.5 Å². The van der Waals surface area contributed by atoms with Crippen LogP contribution in [0.5, 0.6) is 5.75 Å². The number of carboxylic acids is 1. The van der Waals surface area contributed by atoms with Gasteiger partial charge in [0.1, 0.15) is 11.3 Å². The van der Waals surface area contributed by atoms with E-state index in [1.54, 1.807) is 26.4 Å². The molecule has 4 rings (SSSR count). The first-order valence-electron chi connectivity index (χ1n) is 13.0. The topological polar surface area (TPSA) is 117 Å². The summed E-state index contributed by atoms with van der Waals surface area (Å²) in [5.41, 5.74) is 10.4.